The maximum atomic E-state index is 11.9. The number of hydrogen-bond acceptors (Lipinski definition) is 5. The highest BCUT2D eigenvalue weighted by Crippen LogP contribution is 2.08. The number of carbonyl (C=O) groups excluding carboxylic acids is 1. The predicted molar refractivity (Wildman–Crippen MR) is 70.2 cm³/mol. The van der Waals surface area contributed by atoms with E-state index in [4.69, 9.17) is 4.74 Å². The van der Waals surface area contributed by atoms with Gasteiger partial charge in [0.05, 0.1) is 18.5 Å². The van der Waals surface area contributed by atoms with Gasteiger partial charge >= 0.3 is 0 Å². The molecule has 0 aromatic carbocycles. The number of rotatable bonds is 5. The van der Waals surface area contributed by atoms with Gasteiger partial charge in [-0.25, -0.2) is 13.1 Å². The van der Waals surface area contributed by atoms with Crippen LogP contribution in [0.3, 0.4) is 0 Å². The zero-order chi connectivity index (χ0) is 13.7. The average Bonchev–Trinajstić information content (AvgIpc) is 2.94. The van der Waals surface area contributed by atoms with E-state index < -0.39 is 10.0 Å². The molecule has 2 aliphatic rings. The van der Waals surface area contributed by atoms with Crippen molar-refractivity contribution in [3.05, 3.63) is 0 Å². The highest BCUT2D eigenvalue weighted by molar-refractivity contribution is 7.90. The summed E-state index contributed by atoms with van der Waals surface area (Å²) in [5.41, 5.74) is 0. The molecule has 0 saturated carbocycles. The standard InChI is InChI=1S/C11H21N3O4S/c15-11(14-5-7-18-8-6-14)2-4-13-19(16,17)10-1-3-12-9-10/h10,12-13H,1-9H2. The molecule has 0 aromatic rings. The van der Waals surface area contributed by atoms with E-state index in [-0.39, 0.29) is 24.1 Å². The molecule has 0 aromatic heterocycles. The first-order chi connectivity index (χ1) is 9.09. The molecule has 110 valence electrons. The van der Waals surface area contributed by atoms with Crippen molar-refractivity contribution in [2.24, 2.45) is 0 Å². The van der Waals surface area contributed by atoms with Gasteiger partial charge in [-0.2, -0.15) is 0 Å². The summed E-state index contributed by atoms with van der Waals surface area (Å²) in [4.78, 5) is 13.5. The molecule has 2 rings (SSSR count). The Hall–Kier alpha value is -0.700. The van der Waals surface area contributed by atoms with Crippen molar-refractivity contribution in [2.45, 2.75) is 18.1 Å². The molecule has 1 atom stereocenters. The lowest BCUT2D eigenvalue weighted by Gasteiger charge is -2.26. The fourth-order valence-electron chi connectivity index (χ4n) is 2.28. The number of amides is 1. The number of morpholine rings is 1. The zero-order valence-electron chi connectivity index (χ0n) is 10.9. The molecule has 2 N–H and O–H groups in total. The van der Waals surface area contributed by atoms with Crippen molar-refractivity contribution in [1.82, 2.24) is 14.9 Å². The van der Waals surface area contributed by atoms with Crippen molar-refractivity contribution in [3.63, 3.8) is 0 Å². The maximum absolute atomic E-state index is 11.9. The third kappa shape index (κ3) is 4.13. The van der Waals surface area contributed by atoms with Crippen LogP contribution >= 0.6 is 0 Å². The van der Waals surface area contributed by atoms with Crippen LogP contribution in [0, 0.1) is 0 Å². The van der Waals surface area contributed by atoms with Gasteiger partial charge in [0.2, 0.25) is 15.9 Å². The molecule has 2 fully saturated rings. The molecule has 8 heteroatoms. The maximum Gasteiger partial charge on any atom is 0.224 e. The third-order valence-corrected chi connectivity index (χ3v) is 5.35. The van der Waals surface area contributed by atoms with Gasteiger partial charge in [0.15, 0.2) is 0 Å². The van der Waals surface area contributed by atoms with Crippen molar-refractivity contribution in [2.75, 3.05) is 45.9 Å². The summed E-state index contributed by atoms with van der Waals surface area (Å²) in [6.45, 7) is 3.72. The quantitative estimate of drug-likeness (QED) is 0.645. The molecular formula is C11H21N3O4S. The Kier molecular flexibility index (Phi) is 5.14. The van der Waals surface area contributed by atoms with E-state index in [0.29, 0.717) is 39.3 Å². The molecule has 0 radical (unpaired) electrons. The summed E-state index contributed by atoms with van der Waals surface area (Å²) in [5.74, 6) is -0.0180. The molecule has 0 spiro atoms. The second-order valence-electron chi connectivity index (χ2n) is 4.80. The SMILES string of the molecule is O=C(CCNS(=O)(=O)C1CCNC1)N1CCOCC1. The lowest BCUT2D eigenvalue weighted by atomic mass is 10.3. The lowest BCUT2D eigenvalue weighted by Crippen LogP contribution is -2.43. The van der Waals surface area contributed by atoms with Gasteiger partial charge < -0.3 is 15.0 Å². The van der Waals surface area contributed by atoms with E-state index in [1.807, 2.05) is 0 Å². The number of carbonyl (C=O) groups is 1. The third-order valence-electron chi connectivity index (χ3n) is 3.46. The van der Waals surface area contributed by atoms with Crippen LogP contribution in [0.5, 0.6) is 0 Å². The first kappa shape index (κ1) is 14.7. The highest BCUT2D eigenvalue weighted by Gasteiger charge is 2.28. The minimum Gasteiger partial charge on any atom is -0.378 e. The number of nitrogens with zero attached hydrogens (tertiary/aromatic N) is 1. The van der Waals surface area contributed by atoms with E-state index >= 15 is 0 Å². The Bertz CT molecular complexity index is 400. The molecule has 0 aliphatic carbocycles. The second-order valence-corrected chi connectivity index (χ2v) is 6.84. The molecule has 1 unspecified atom stereocenters. The van der Waals surface area contributed by atoms with Crippen LogP contribution in [0.15, 0.2) is 0 Å². The van der Waals surface area contributed by atoms with Crippen LogP contribution in [0.4, 0.5) is 0 Å². The van der Waals surface area contributed by atoms with Crippen LogP contribution in [-0.2, 0) is 19.6 Å². The van der Waals surface area contributed by atoms with Crippen molar-refractivity contribution < 1.29 is 17.9 Å². The molecule has 2 aliphatic heterocycles. The first-order valence-electron chi connectivity index (χ1n) is 6.64. The summed E-state index contributed by atoms with van der Waals surface area (Å²) >= 11 is 0. The minimum atomic E-state index is -3.29. The monoisotopic (exact) mass is 291 g/mol. The summed E-state index contributed by atoms with van der Waals surface area (Å²) < 4.78 is 31.5. The zero-order valence-corrected chi connectivity index (χ0v) is 11.7. The number of hydrogen-bond donors (Lipinski definition) is 2. The Labute approximate surface area is 113 Å². The van der Waals surface area contributed by atoms with Gasteiger partial charge in [-0.3, -0.25) is 4.79 Å². The fraction of sp³-hybridized carbons (Fsp3) is 0.909. The summed E-state index contributed by atoms with van der Waals surface area (Å²) in [6, 6.07) is 0. The average molecular weight is 291 g/mol. The van der Waals surface area contributed by atoms with Gasteiger partial charge in [-0.05, 0) is 13.0 Å². The molecule has 2 heterocycles. The molecule has 7 nitrogen and oxygen atoms in total. The Morgan fingerprint density at radius 2 is 2.11 bits per heavy atom. The minimum absolute atomic E-state index is 0.0180. The lowest BCUT2D eigenvalue weighted by molar-refractivity contribution is -0.135. The first-order valence-corrected chi connectivity index (χ1v) is 8.19. The fourth-order valence-corrected chi connectivity index (χ4v) is 3.67. The van der Waals surface area contributed by atoms with Crippen LogP contribution in [0.1, 0.15) is 12.8 Å². The molecular weight excluding hydrogens is 270 g/mol. The van der Waals surface area contributed by atoms with E-state index in [9.17, 15) is 13.2 Å². The van der Waals surface area contributed by atoms with E-state index in [2.05, 4.69) is 10.0 Å². The van der Waals surface area contributed by atoms with Crippen LogP contribution in [0.2, 0.25) is 0 Å². The van der Waals surface area contributed by atoms with Crippen molar-refractivity contribution in [1.29, 1.82) is 0 Å². The van der Waals surface area contributed by atoms with Crippen LogP contribution in [-0.4, -0.2) is 70.4 Å². The number of nitrogens with one attached hydrogen (secondary N) is 2. The predicted octanol–water partition coefficient (Wildman–Crippen LogP) is -1.48. The van der Waals surface area contributed by atoms with Crippen molar-refractivity contribution in [3.8, 4) is 0 Å². The normalized spacial score (nSPS) is 24.6. The topological polar surface area (TPSA) is 87.7 Å². The molecule has 0 bridgehead atoms. The summed E-state index contributed by atoms with van der Waals surface area (Å²) in [6.07, 6.45) is 0.839. The van der Waals surface area contributed by atoms with Crippen LogP contribution in [0.25, 0.3) is 0 Å². The number of ether oxygens (including phenoxy) is 1. The van der Waals surface area contributed by atoms with Crippen LogP contribution < -0.4 is 10.0 Å². The number of sulfonamides is 1. The van der Waals surface area contributed by atoms with Crippen molar-refractivity contribution >= 4 is 15.9 Å². The smallest absolute Gasteiger partial charge is 0.224 e. The van der Waals surface area contributed by atoms with E-state index in [1.165, 1.54) is 0 Å². The molecule has 1 amide bonds. The second kappa shape index (κ2) is 6.65. The Balaban J connectivity index is 1.71. The van der Waals surface area contributed by atoms with E-state index in [1.54, 1.807) is 4.90 Å². The summed E-state index contributed by atoms with van der Waals surface area (Å²) in [7, 11) is -3.29. The van der Waals surface area contributed by atoms with E-state index in [0.717, 1.165) is 6.54 Å². The Morgan fingerprint density at radius 3 is 2.74 bits per heavy atom. The van der Waals surface area contributed by atoms with Gasteiger partial charge in [0, 0.05) is 32.6 Å². The van der Waals surface area contributed by atoms with Gasteiger partial charge in [0.25, 0.3) is 0 Å². The summed E-state index contributed by atoms with van der Waals surface area (Å²) in [5, 5.41) is 2.65. The van der Waals surface area contributed by atoms with Gasteiger partial charge in [0.1, 0.15) is 0 Å². The largest absolute Gasteiger partial charge is 0.378 e. The molecule has 19 heavy (non-hydrogen) atoms. The van der Waals surface area contributed by atoms with Gasteiger partial charge in [-0.1, -0.05) is 0 Å². The molecule has 2 saturated heterocycles. The Morgan fingerprint density at radius 1 is 1.37 bits per heavy atom. The highest BCUT2D eigenvalue weighted by atomic mass is 32.2. The van der Waals surface area contributed by atoms with Gasteiger partial charge in [-0.15, -0.1) is 0 Å².